The molecule has 0 aliphatic carbocycles. The van der Waals surface area contributed by atoms with E-state index in [2.05, 4.69) is 25.1 Å². The third-order valence-corrected chi connectivity index (χ3v) is 2.93. The second-order valence-corrected chi connectivity index (χ2v) is 4.00. The quantitative estimate of drug-likeness (QED) is 0.814. The number of rotatable bonds is 3. The Kier molecular flexibility index (Phi) is 3.33. The maximum atomic E-state index is 6.01. The fourth-order valence-corrected chi connectivity index (χ4v) is 1.90. The van der Waals surface area contributed by atoms with Crippen molar-refractivity contribution in [3.05, 3.63) is 48.0 Å². The van der Waals surface area contributed by atoms with Gasteiger partial charge in [0.15, 0.2) is 0 Å². The van der Waals surface area contributed by atoms with Gasteiger partial charge in [-0.15, -0.1) is 0 Å². The summed E-state index contributed by atoms with van der Waals surface area (Å²) in [7, 11) is 1.67. The predicted molar refractivity (Wildman–Crippen MR) is 72.2 cm³/mol. The van der Waals surface area contributed by atoms with Crippen molar-refractivity contribution in [1.82, 2.24) is 0 Å². The van der Waals surface area contributed by atoms with Crippen LogP contribution in [0, 0.1) is 0 Å². The molecule has 0 fully saturated rings. The summed E-state index contributed by atoms with van der Waals surface area (Å²) in [6, 6.07) is 14.2. The van der Waals surface area contributed by atoms with Crippen molar-refractivity contribution in [2.75, 3.05) is 12.8 Å². The summed E-state index contributed by atoms with van der Waals surface area (Å²) < 4.78 is 5.22. The van der Waals surface area contributed by atoms with Crippen LogP contribution in [-0.4, -0.2) is 7.11 Å². The van der Waals surface area contributed by atoms with Crippen LogP contribution in [0.3, 0.4) is 0 Å². The van der Waals surface area contributed by atoms with E-state index in [1.807, 2.05) is 24.3 Å². The highest BCUT2D eigenvalue weighted by Gasteiger charge is 2.02. The minimum absolute atomic E-state index is 0.854. The van der Waals surface area contributed by atoms with Crippen LogP contribution in [0.2, 0.25) is 0 Å². The Hall–Kier alpha value is -1.96. The summed E-state index contributed by atoms with van der Waals surface area (Å²) >= 11 is 0. The molecule has 0 heterocycles. The van der Waals surface area contributed by atoms with E-state index in [-0.39, 0.29) is 0 Å². The first-order valence-electron chi connectivity index (χ1n) is 5.77. The number of nitrogen functional groups attached to an aromatic ring is 1. The van der Waals surface area contributed by atoms with Crippen molar-refractivity contribution < 1.29 is 4.74 Å². The summed E-state index contributed by atoms with van der Waals surface area (Å²) in [5, 5.41) is 0. The number of aryl methyl sites for hydroxylation is 1. The molecule has 0 unspecified atom stereocenters. The monoisotopic (exact) mass is 227 g/mol. The predicted octanol–water partition coefficient (Wildman–Crippen LogP) is 3.51. The van der Waals surface area contributed by atoms with Crippen LogP contribution in [0.15, 0.2) is 42.5 Å². The average molecular weight is 227 g/mol. The molecule has 0 saturated carbocycles. The van der Waals surface area contributed by atoms with E-state index >= 15 is 0 Å². The molecular weight excluding hydrogens is 210 g/mol. The molecule has 17 heavy (non-hydrogen) atoms. The molecule has 2 heteroatoms. The molecule has 2 aromatic rings. The van der Waals surface area contributed by atoms with Crippen molar-refractivity contribution in [2.24, 2.45) is 0 Å². The van der Waals surface area contributed by atoms with Crippen LogP contribution in [0.5, 0.6) is 5.75 Å². The van der Waals surface area contributed by atoms with Crippen LogP contribution in [0.25, 0.3) is 11.1 Å². The number of ether oxygens (including phenoxy) is 1. The summed E-state index contributed by atoms with van der Waals surface area (Å²) in [5.41, 5.74) is 10.3. The molecule has 2 N–H and O–H groups in total. The molecule has 2 aromatic carbocycles. The lowest BCUT2D eigenvalue weighted by molar-refractivity contribution is 0.415. The lowest BCUT2D eigenvalue weighted by atomic mass is 10.0. The standard InChI is InChI=1S/C15H17NO/c1-3-11-7-8-13(10-15(11)16)12-5-4-6-14(9-12)17-2/h4-10H,3,16H2,1-2H3. The summed E-state index contributed by atoms with van der Waals surface area (Å²) in [6.45, 7) is 2.11. The van der Waals surface area contributed by atoms with E-state index in [1.165, 1.54) is 5.56 Å². The van der Waals surface area contributed by atoms with Gasteiger partial charge in [0.05, 0.1) is 7.11 Å². The molecule has 2 rings (SSSR count). The molecule has 0 aliphatic rings. The van der Waals surface area contributed by atoms with Gasteiger partial charge in [0.2, 0.25) is 0 Å². The van der Waals surface area contributed by atoms with Crippen LogP contribution in [0.4, 0.5) is 5.69 Å². The first kappa shape index (κ1) is 11.5. The molecule has 0 atom stereocenters. The minimum atomic E-state index is 0.854. The Morgan fingerprint density at radius 1 is 1.06 bits per heavy atom. The fourth-order valence-electron chi connectivity index (χ4n) is 1.90. The van der Waals surface area contributed by atoms with Gasteiger partial charge in [-0.3, -0.25) is 0 Å². The van der Waals surface area contributed by atoms with Crippen molar-refractivity contribution in [1.29, 1.82) is 0 Å². The van der Waals surface area contributed by atoms with Gasteiger partial charge in [-0.2, -0.15) is 0 Å². The molecule has 2 nitrogen and oxygen atoms in total. The van der Waals surface area contributed by atoms with Crippen molar-refractivity contribution >= 4 is 5.69 Å². The average Bonchev–Trinajstić information content (AvgIpc) is 2.38. The van der Waals surface area contributed by atoms with E-state index in [0.717, 1.165) is 29.0 Å². The summed E-state index contributed by atoms with van der Waals surface area (Å²) in [4.78, 5) is 0. The van der Waals surface area contributed by atoms with Gasteiger partial charge in [0, 0.05) is 5.69 Å². The van der Waals surface area contributed by atoms with Crippen LogP contribution >= 0.6 is 0 Å². The lowest BCUT2D eigenvalue weighted by Crippen LogP contribution is -1.93. The third kappa shape index (κ3) is 2.41. The molecule has 0 spiro atoms. The summed E-state index contributed by atoms with van der Waals surface area (Å²) in [6.07, 6.45) is 0.963. The molecule has 0 bridgehead atoms. The smallest absolute Gasteiger partial charge is 0.119 e. The number of nitrogens with two attached hydrogens (primary N) is 1. The number of benzene rings is 2. The second-order valence-electron chi connectivity index (χ2n) is 4.00. The molecule has 0 amide bonds. The van der Waals surface area contributed by atoms with E-state index in [1.54, 1.807) is 7.11 Å². The molecule has 0 saturated heterocycles. The SMILES string of the molecule is CCc1ccc(-c2cccc(OC)c2)cc1N. The second kappa shape index (κ2) is 4.91. The zero-order chi connectivity index (χ0) is 12.3. The van der Waals surface area contributed by atoms with E-state index in [0.29, 0.717) is 0 Å². The van der Waals surface area contributed by atoms with Gasteiger partial charge in [0.1, 0.15) is 5.75 Å². The maximum Gasteiger partial charge on any atom is 0.119 e. The highest BCUT2D eigenvalue weighted by molar-refractivity contribution is 5.70. The molecule has 0 aromatic heterocycles. The number of anilines is 1. The van der Waals surface area contributed by atoms with Gasteiger partial charge in [-0.05, 0) is 41.3 Å². The molecular formula is C15H17NO. The normalized spacial score (nSPS) is 10.2. The van der Waals surface area contributed by atoms with Gasteiger partial charge in [-0.25, -0.2) is 0 Å². The highest BCUT2D eigenvalue weighted by atomic mass is 16.5. The highest BCUT2D eigenvalue weighted by Crippen LogP contribution is 2.26. The molecule has 0 aliphatic heterocycles. The zero-order valence-corrected chi connectivity index (χ0v) is 10.2. The Morgan fingerprint density at radius 3 is 2.47 bits per heavy atom. The van der Waals surface area contributed by atoms with E-state index in [4.69, 9.17) is 10.5 Å². The Bertz CT molecular complexity index is 520. The first-order chi connectivity index (χ1) is 8.24. The zero-order valence-electron chi connectivity index (χ0n) is 10.2. The van der Waals surface area contributed by atoms with Crippen molar-refractivity contribution in [3.8, 4) is 16.9 Å². The van der Waals surface area contributed by atoms with Gasteiger partial charge < -0.3 is 10.5 Å². The fraction of sp³-hybridized carbons (Fsp3) is 0.200. The van der Waals surface area contributed by atoms with Crippen molar-refractivity contribution in [3.63, 3.8) is 0 Å². The summed E-state index contributed by atoms with van der Waals surface area (Å²) in [5.74, 6) is 0.862. The van der Waals surface area contributed by atoms with Gasteiger partial charge in [-0.1, -0.05) is 31.2 Å². The van der Waals surface area contributed by atoms with E-state index in [9.17, 15) is 0 Å². The number of hydrogen-bond donors (Lipinski definition) is 1. The maximum absolute atomic E-state index is 6.01. The third-order valence-electron chi connectivity index (χ3n) is 2.93. The minimum Gasteiger partial charge on any atom is -0.497 e. The molecule has 88 valence electrons. The van der Waals surface area contributed by atoms with Gasteiger partial charge >= 0.3 is 0 Å². The Labute approximate surface area is 102 Å². The van der Waals surface area contributed by atoms with Crippen molar-refractivity contribution in [2.45, 2.75) is 13.3 Å². The number of hydrogen-bond acceptors (Lipinski definition) is 2. The van der Waals surface area contributed by atoms with Gasteiger partial charge in [0.25, 0.3) is 0 Å². The van der Waals surface area contributed by atoms with Crippen LogP contribution in [0.1, 0.15) is 12.5 Å². The largest absolute Gasteiger partial charge is 0.497 e. The topological polar surface area (TPSA) is 35.2 Å². The van der Waals surface area contributed by atoms with Crippen LogP contribution < -0.4 is 10.5 Å². The Balaban J connectivity index is 2.42. The van der Waals surface area contributed by atoms with E-state index < -0.39 is 0 Å². The first-order valence-corrected chi connectivity index (χ1v) is 5.77. The lowest BCUT2D eigenvalue weighted by Gasteiger charge is -2.08. The van der Waals surface area contributed by atoms with Crippen LogP contribution in [-0.2, 0) is 6.42 Å². The number of methoxy groups -OCH3 is 1. The molecule has 0 radical (unpaired) electrons. The Morgan fingerprint density at radius 2 is 1.82 bits per heavy atom.